The first-order valence-electron chi connectivity index (χ1n) is 9.00. The van der Waals surface area contributed by atoms with Crippen molar-refractivity contribution < 1.29 is 4.79 Å². The quantitative estimate of drug-likeness (QED) is 0.533. The highest BCUT2D eigenvalue weighted by Crippen LogP contribution is 2.29. The molecule has 0 saturated carbocycles. The number of rotatable bonds is 2. The van der Waals surface area contributed by atoms with Gasteiger partial charge < -0.3 is 0 Å². The lowest BCUT2D eigenvalue weighted by Crippen LogP contribution is -2.10. The van der Waals surface area contributed by atoms with E-state index in [1.54, 1.807) is 0 Å². The number of carbonyl (C=O) groups is 1. The summed E-state index contributed by atoms with van der Waals surface area (Å²) in [5, 5.41) is 0. The van der Waals surface area contributed by atoms with Crippen molar-refractivity contribution in [3.8, 4) is 11.1 Å². The third-order valence-corrected chi connectivity index (χ3v) is 3.44. The molecular weight excluding hydrogens is 292 g/mol. The largest absolute Gasteiger partial charge is 0.298 e. The Balaban J connectivity index is 0.000000952. The summed E-state index contributed by atoms with van der Waals surface area (Å²) >= 11 is 0. The van der Waals surface area contributed by atoms with Crippen molar-refractivity contribution in [3.63, 3.8) is 0 Å². The van der Waals surface area contributed by atoms with Crippen LogP contribution in [0.25, 0.3) is 11.1 Å². The minimum absolute atomic E-state index is 0.131. The molecule has 0 bridgehead atoms. The third-order valence-electron chi connectivity index (χ3n) is 3.44. The second kappa shape index (κ2) is 10.8. The smallest absolute Gasteiger partial charge is 0.150 e. The third kappa shape index (κ3) is 6.70. The Hall–Kier alpha value is -1.89. The van der Waals surface area contributed by atoms with E-state index < -0.39 is 0 Å². The lowest BCUT2D eigenvalue weighted by molar-refractivity contribution is 0.112. The molecule has 0 N–H and O–H groups in total. The fourth-order valence-electron chi connectivity index (χ4n) is 2.18. The van der Waals surface area contributed by atoms with Gasteiger partial charge in [-0.3, -0.25) is 4.79 Å². The molecule has 0 unspecified atom stereocenters. The Kier molecular flexibility index (Phi) is 9.95. The first kappa shape index (κ1) is 22.1. The predicted octanol–water partition coefficient (Wildman–Crippen LogP) is 7.21. The van der Waals surface area contributed by atoms with Crippen LogP contribution in [-0.2, 0) is 5.41 Å². The Bertz CT molecular complexity index is 618. The molecule has 0 fully saturated rings. The first-order chi connectivity index (χ1) is 11.3. The van der Waals surface area contributed by atoms with Crippen LogP contribution in [0.5, 0.6) is 0 Å². The van der Waals surface area contributed by atoms with Gasteiger partial charge in [0.05, 0.1) is 0 Å². The van der Waals surface area contributed by atoms with Gasteiger partial charge in [0.15, 0.2) is 0 Å². The van der Waals surface area contributed by atoms with Gasteiger partial charge in [-0.25, -0.2) is 0 Å². The van der Waals surface area contributed by atoms with Gasteiger partial charge in [0.25, 0.3) is 0 Å². The number of benzene rings is 2. The van der Waals surface area contributed by atoms with Crippen LogP contribution in [0.2, 0.25) is 0 Å². The Morgan fingerprint density at radius 2 is 1.54 bits per heavy atom. The number of aryl methyl sites for hydroxylation is 1. The van der Waals surface area contributed by atoms with Crippen LogP contribution in [0, 0.1) is 6.92 Å². The maximum Gasteiger partial charge on any atom is 0.150 e. The fraction of sp³-hybridized carbons (Fsp3) is 0.435. The maximum atomic E-state index is 10.9. The Labute approximate surface area is 149 Å². The summed E-state index contributed by atoms with van der Waals surface area (Å²) in [4.78, 5) is 10.9. The van der Waals surface area contributed by atoms with Gasteiger partial charge in [-0.1, -0.05) is 91.3 Å². The molecule has 24 heavy (non-hydrogen) atoms. The molecule has 1 heteroatoms. The number of hydrogen-bond donors (Lipinski definition) is 0. The van der Waals surface area contributed by atoms with Gasteiger partial charge >= 0.3 is 0 Å². The maximum absolute atomic E-state index is 10.9. The molecule has 0 aliphatic carbocycles. The van der Waals surface area contributed by atoms with E-state index in [1.165, 1.54) is 23.1 Å². The van der Waals surface area contributed by atoms with Crippen molar-refractivity contribution >= 4 is 6.29 Å². The SMILES string of the molecule is CC.CCC.Cc1ccc(C=O)cc1-c1cccc(C(C)(C)C)c1. The second-order valence-electron chi connectivity index (χ2n) is 6.73. The molecule has 1 nitrogen and oxygen atoms in total. The highest BCUT2D eigenvalue weighted by atomic mass is 16.1. The molecule has 0 radical (unpaired) electrons. The van der Waals surface area contributed by atoms with E-state index >= 15 is 0 Å². The van der Waals surface area contributed by atoms with Crippen LogP contribution >= 0.6 is 0 Å². The summed E-state index contributed by atoms with van der Waals surface area (Å²) in [7, 11) is 0. The average Bonchev–Trinajstić information content (AvgIpc) is 2.57. The van der Waals surface area contributed by atoms with E-state index in [9.17, 15) is 4.79 Å². The molecule has 0 amide bonds. The fourth-order valence-corrected chi connectivity index (χ4v) is 2.18. The molecule has 0 atom stereocenters. The summed E-state index contributed by atoms with van der Waals surface area (Å²) in [5.41, 5.74) is 5.66. The van der Waals surface area contributed by atoms with Gasteiger partial charge in [-0.2, -0.15) is 0 Å². The standard InChI is InChI=1S/C18H20O.C3H8.C2H6/c1-13-8-9-14(12-19)10-17(13)15-6-5-7-16(11-15)18(2,3)4;1-3-2;1-2/h5-12H,1-4H3;3H2,1-2H3;1-2H3. The molecule has 132 valence electrons. The van der Waals surface area contributed by atoms with Crippen LogP contribution in [0.4, 0.5) is 0 Å². The lowest BCUT2D eigenvalue weighted by atomic mass is 9.85. The molecule has 0 spiro atoms. The first-order valence-corrected chi connectivity index (χ1v) is 9.00. The molecule has 2 rings (SSSR count). The van der Waals surface area contributed by atoms with Crippen LogP contribution in [0.15, 0.2) is 42.5 Å². The van der Waals surface area contributed by atoms with E-state index in [4.69, 9.17) is 0 Å². The molecule has 2 aromatic rings. The van der Waals surface area contributed by atoms with Crippen molar-refractivity contribution in [1.29, 1.82) is 0 Å². The van der Waals surface area contributed by atoms with E-state index in [0.29, 0.717) is 0 Å². The number of carbonyl (C=O) groups excluding carboxylic acids is 1. The van der Waals surface area contributed by atoms with Gasteiger partial charge in [-0.05, 0) is 40.7 Å². The highest BCUT2D eigenvalue weighted by Gasteiger charge is 2.14. The minimum atomic E-state index is 0.131. The molecule has 0 saturated heterocycles. The van der Waals surface area contributed by atoms with Gasteiger partial charge in [0.1, 0.15) is 6.29 Å². The zero-order valence-corrected chi connectivity index (χ0v) is 16.7. The van der Waals surface area contributed by atoms with Crippen molar-refractivity contribution in [2.45, 2.75) is 67.2 Å². The van der Waals surface area contributed by atoms with Crippen LogP contribution < -0.4 is 0 Å². The second-order valence-corrected chi connectivity index (χ2v) is 6.73. The molecule has 2 aromatic carbocycles. The van der Waals surface area contributed by atoms with Crippen LogP contribution in [0.1, 0.15) is 76.4 Å². The lowest BCUT2D eigenvalue weighted by Gasteiger charge is -2.20. The molecular formula is C23H34O. The number of hydrogen-bond acceptors (Lipinski definition) is 1. The summed E-state index contributed by atoms with van der Waals surface area (Å²) in [6.45, 7) is 17.0. The highest BCUT2D eigenvalue weighted by molar-refractivity contribution is 5.80. The van der Waals surface area contributed by atoms with Crippen molar-refractivity contribution in [2.24, 2.45) is 0 Å². The zero-order chi connectivity index (χ0) is 18.8. The van der Waals surface area contributed by atoms with Gasteiger partial charge in [0, 0.05) is 5.56 Å². The van der Waals surface area contributed by atoms with Crippen molar-refractivity contribution in [2.75, 3.05) is 0 Å². The van der Waals surface area contributed by atoms with Crippen molar-refractivity contribution in [1.82, 2.24) is 0 Å². The van der Waals surface area contributed by atoms with E-state index in [-0.39, 0.29) is 5.41 Å². The summed E-state index contributed by atoms with van der Waals surface area (Å²) < 4.78 is 0. The summed E-state index contributed by atoms with van der Waals surface area (Å²) in [6.07, 6.45) is 2.15. The van der Waals surface area contributed by atoms with Gasteiger partial charge in [-0.15, -0.1) is 0 Å². The minimum Gasteiger partial charge on any atom is -0.298 e. The van der Waals surface area contributed by atoms with Crippen LogP contribution in [0.3, 0.4) is 0 Å². The topological polar surface area (TPSA) is 17.1 Å². The molecule has 0 aliphatic rings. The van der Waals surface area contributed by atoms with Crippen LogP contribution in [-0.4, -0.2) is 6.29 Å². The summed E-state index contributed by atoms with van der Waals surface area (Å²) in [6, 6.07) is 14.4. The monoisotopic (exact) mass is 326 g/mol. The molecule has 0 heterocycles. The van der Waals surface area contributed by atoms with E-state index in [1.807, 2.05) is 32.0 Å². The Morgan fingerprint density at radius 1 is 0.958 bits per heavy atom. The predicted molar refractivity (Wildman–Crippen MR) is 108 cm³/mol. The van der Waals surface area contributed by atoms with E-state index in [0.717, 1.165) is 17.4 Å². The average molecular weight is 327 g/mol. The summed E-state index contributed by atoms with van der Waals surface area (Å²) in [5.74, 6) is 0. The number of aldehydes is 1. The van der Waals surface area contributed by atoms with E-state index in [2.05, 4.69) is 65.8 Å². The zero-order valence-electron chi connectivity index (χ0n) is 16.7. The van der Waals surface area contributed by atoms with Crippen molar-refractivity contribution in [3.05, 3.63) is 59.2 Å². The molecule has 0 aliphatic heterocycles. The van der Waals surface area contributed by atoms with Gasteiger partial charge in [0.2, 0.25) is 0 Å². The molecule has 0 aromatic heterocycles. The Morgan fingerprint density at radius 3 is 2.04 bits per heavy atom. The normalized spacial score (nSPS) is 10.0.